The summed E-state index contributed by atoms with van der Waals surface area (Å²) in [4.78, 5) is 24.3. The monoisotopic (exact) mass is 456 g/mol. The first-order chi connectivity index (χ1) is 15.4. The average Bonchev–Trinajstić information content (AvgIpc) is 2.77. The lowest BCUT2D eigenvalue weighted by Gasteiger charge is -2.14. The highest BCUT2D eigenvalue weighted by Gasteiger charge is 2.15. The van der Waals surface area contributed by atoms with Crippen LogP contribution in [-0.4, -0.2) is 31.7 Å². The summed E-state index contributed by atoms with van der Waals surface area (Å²) in [7, 11) is 0. The van der Waals surface area contributed by atoms with Crippen LogP contribution in [0.1, 0.15) is 43.1 Å². The Morgan fingerprint density at radius 1 is 1.09 bits per heavy atom. The minimum Gasteiger partial charge on any atom is -0.490 e. The van der Waals surface area contributed by atoms with Crippen molar-refractivity contribution in [1.82, 2.24) is 0 Å². The quantitative estimate of drug-likeness (QED) is 0.298. The molecule has 0 aromatic heterocycles. The van der Waals surface area contributed by atoms with Crippen LogP contribution in [0.5, 0.6) is 11.5 Å². The first kappa shape index (κ1) is 24.8. The molecule has 0 unspecified atom stereocenters. The van der Waals surface area contributed by atoms with Crippen molar-refractivity contribution >= 4 is 35.2 Å². The Morgan fingerprint density at radius 2 is 1.81 bits per heavy atom. The van der Waals surface area contributed by atoms with E-state index in [1.807, 2.05) is 19.9 Å². The lowest BCUT2D eigenvalue weighted by Crippen LogP contribution is -2.13. The summed E-state index contributed by atoms with van der Waals surface area (Å²) in [5, 5.41) is 12.5. The Balaban J connectivity index is 2.23. The van der Waals surface area contributed by atoms with Gasteiger partial charge < -0.3 is 19.5 Å². The molecule has 0 atom stereocenters. The zero-order valence-electron chi connectivity index (χ0n) is 18.2. The van der Waals surface area contributed by atoms with Gasteiger partial charge in [0.15, 0.2) is 11.5 Å². The molecule has 0 aliphatic rings. The molecule has 0 aliphatic carbocycles. The van der Waals surface area contributed by atoms with Gasteiger partial charge in [0.2, 0.25) is 0 Å². The lowest BCUT2D eigenvalue weighted by atomic mass is 10.1. The van der Waals surface area contributed by atoms with Crippen LogP contribution in [-0.2, 0) is 9.53 Å². The van der Waals surface area contributed by atoms with Crippen molar-refractivity contribution in [1.29, 1.82) is 5.26 Å². The summed E-state index contributed by atoms with van der Waals surface area (Å²) in [6.07, 6.45) is 2.23. The number of amides is 1. The number of carbonyl (C=O) groups is 2. The number of carbonyl (C=O) groups excluding carboxylic acids is 2. The Kier molecular flexibility index (Phi) is 9.58. The van der Waals surface area contributed by atoms with Gasteiger partial charge in [-0.1, -0.05) is 18.5 Å². The number of benzene rings is 2. The normalized spacial score (nSPS) is 10.8. The molecule has 1 amide bonds. The summed E-state index contributed by atoms with van der Waals surface area (Å²) in [6, 6.07) is 11.4. The highest BCUT2D eigenvalue weighted by atomic mass is 35.5. The van der Waals surface area contributed by atoms with E-state index < -0.39 is 11.9 Å². The summed E-state index contributed by atoms with van der Waals surface area (Å²) < 4.78 is 16.2. The molecule has 0 saturated heterocycles. The first-order valence-electron chi connectivity index (χ1n) is 10.2. The van der Waals surface area contributed by atoms with E-state index in [4.69, 9.17) is 25.8 Å². The number of esters is 1. The molecule has 0 bridgehead atoms. The van der Waals surface area contributed by atoms with Crippen molar-refractivity contribution in [3.8, 4) is 17.6 Å². The van der Waals surface area contributed by atoms with E-state index >= 15 is 0 Å². The lowest BCUT2D eigenvalue weighted by molar-refractivity contribution is -0.112. The number of halogens is 1. The van der Waals surface area contributed by atoms with Crippen LogP contribution in [0.15, 0.2) is 42.0 Å². The predicted molar refractivity (Wildman–Crippen MR) is 123 cm³/mol. The van der Waals surface area contributed by atoms with Gasteiger partial charge in [0, 0.05) is 5.69 Å². The molecule has 0 radical (unpaired) electrons. The van der Waals surface area contributed by atoms with Crippen LogP contribution in [0.4, 0.5) is 5.69 Å². The van der Waals surface area contributed by atoms with Crippen LogP contribution in [0, 0.1) is 11.3 Å². The fourth-order valence-corrected chi connectivity index (χ4v) is 2.97. The third kappa shape index (κ3) is 6.76. The molecule has 7 nitrogen and oxygen atoms in total. The maximum atomic E-state index is 12.6. The molecule has 168 valence electrons. The molecule has 0 spiro atoms. The van der Waals surface area contributed by atoms with Gasteiger partial charge in [-0.25, -0.2) is 4.79 Å². The summed E-state index contributed by atoms with van der Waals surface area (Å²) in [5.74, 6) is -0.183. The third-order valence-electron chi connectivity index (χ3n) is 4.11. The van der Waals surface area contributed by atoms with Crippen LogP contribution in [0.25, 0.3) is 6.08 Å². The molecule has 32 heavy (non-hydrogen) atoms. The predicted octanol–water partition coefficient (Wildman–Crippen LogP) is 5.25. The van der Waals surface area contributed by atoms with E-state index in [9.17, 15) is 14.9 Å². The van der Waals surface area contributed by atoms with Gasteiger partial charge in [0.25, 0.3) is 5.91 Å². The largest absolute Gasteiger partial charge is 0.490 e. The molecular formula is C24H25ClN2O5. The van der Waals surface area contributed by atoms with E-state index in [0.29, 0.717) is 46.5 Å². The molecule has 2 aromatic rings. The fourth-order valence-electron chi connectivity index (χ4n) is 2.70. The van der Waals surface area contributed by atoms with Crippen molar-refractivity contribution in [2.24, 2.45) is 0 Å². The van der Waals surface area contributed by atoms with Crippen LogP contribution in [0.2, 0.25) is 5.02 Å². The molecule has 8 heteroatoms. The highest BCUT2D eigenvalue weighted by Crippen LogP contribution is 2.37. The second kappa shape index (κ2) is 12.4. The first-order valence-corrected chi connectivity index (χ1v) is 10.6. The van der Waals surface area contributed by atoms with Crippen molar-refractivity contribution < 1.29 is 23.8 Å². The van der Waals surface area contributed by atoms with Gasteiger partial charge in [-0.3, -0.25) is 4.79 Å². The Hall–Kier alpha value is -3.50. The van der Waals surface area contributed by atoms with Crippen molar-refractivity contribution in [3.63, 3.8) is 0 Å². The second-order valence-corrected chi connectivity index (χ2v) is 6.94. The van der Waals surface area contributed by atoms with Gasteiger partial charge in [-0.15, -0.1) is 0 Å². The zero-order chi connectivity index (χ0) is 23.5. The highest BCUT2D eigenvalue weighted by molar-refractivity contribution is 6.32. The maximum absolute atomic E-state index is 12.6. The minimum absolute atomic E-state index is 0.125. The number of nitriles is 1. The maximum Gasteiger partial charge on any atom is 0.338 e. The summed E-state index contributed by atoms with van der Waals surface area (Å²) in [6.45, 7) is 6.69. The Bertz CT molecular complexity index is 1030. The van der Waals surface area contributed by atoms with Crippen molar-refractivity contribution in [2.45, 2.75) is 27.2 Å². The molecule has 1 N–H and O–H groups in total. The van der Waals surface area contributed by atoms with E-state index in [-0.39, 0.29) is 12.2 Å². The zero-order valence-corrected chi connectivity index (χ0v) is 19.0. The van der Waals surface area contributed by atoms with Crippen LogP contribution < -0.4 is 14.8 Å². The molecule has 0 fully saturated rings. The van der Waals surface area contributed by atoms with Gasteiger partial charge in [0.05, 0.1) is 30.4 Å². The topological polar surface area (TPSA) is 97.7 Å². The number of nitrogens with one attached hydrogen (secondary N) is 1. The van der Waals surface area contributed by atoms with E-state index in [0.717, 1.165) is 6.42 Å². The number of rotatable bonds is 10. The smallest absolute Gasteiger partial charge is 0.338 e. The number of anilines is 1. The summed E-state index contributed by atoms with van der Waals surface area (Å²) >= 11 is 6.35. The van der Waals surface area contributed by atoms with Crippen molar-refractivity contribution in [3.05, 3.63) is 58.1 Å². The summed E-state index contributed by atoms with van der Waals surface area (Å²) in [5.41, 5.74) is 1.19. The van der Waals surface area contributed by atoms with Crippen LogP contribution in [0.3, 0.4) is 0 Å². The fraction of sp³-hybridized carbons (Fsp3) is 0.292. The van der Waals surface area contributed by atoms with Gasteiger partial charge in [-0.05, 0) is 68.3 Å². The average molecular weight is 457 g/mol. The number of hydrogen-bond donors (Lipinski definition) is 1. The van der Waals surface area contributed by atoms with Crippen molar-refractivity contribution in [2.75, 3.05) is 25.1 Å². The minimum atomic E-state index is -0.600. The van der Waals surface area contributed by atoms with Gasteiger partial charge in [-0.2, -0.15) is 5.26 Å². The standard InChI is InChI=1S/C24H25ClN2O5/c1-4-11-32-22-20(25)13-16(14-21(22)30-5-2)12-18(15-26)23(28)27-19-9-7-17(8-10-19)24(29)31-6-3/h7-10,12-14H,4-6,11H2,1-3H3,(H,27,28)/b18-12+. The van der Waals surface area contributed by atoms with Gasteiger partial charge in [0.1, 0.15) is 11.6 Å². The molecule has 0 heterocycles. The Labute approximate surface area is 192 Å². The van der Waals surface area contributed by atoms with E-state index in [2.05, 4.69) is 5.32 Å². The van der Waals surface area contributed by atoms with E-state index in [1.165, 1.54) is 18.2 Å². The van der Waals surface area contributed by atoms with Crippen LogP contribution >= 0.6 is 11.6 Å². The van der Waals surface area contributed by atoms with Gasteiger partial charge >= 0.3 is 5.97 Å². The van der Waals surface area contributed by atoms with E-state index in [1.54, 1.807) is 31.2 Å². The number of ether oxygens (including phenoxy) is 3. The SMILES string of the molecule is CCCOc1c(Cl)cc(/C=C(\C#N)C(=O)Nc2ccc(C(=O)OCC)cc2)cc1OCC. The molecule has 2 rings (SSSR count). The molecule has 2 aromatic carbocycles. The number of nitrogens with zero attached hydrogens (tertiary/aromatic N) is 1. The molecule has 0 aliphatic heterocycles. The number of hydrogen-bond acceptors (Lipinski definition) is 6. The molecular weight excluding hydrogens is 432 g/mol. The third-order valence-corrected chi connectivity index (χ3v) is 4.39. The second-order valence-electron chi connectivity index (χ2n) is 6.53. The molecule has 0 saturated carbocycles. The Morgan fingerprint density at radius 3 is 2.41 bits per heavy atom.